The lowest BCUT2D eigenvalue weighted by Gasteiger charge is -2.08. The van der Waals surface area contributed by atoms with Gasteiger partial charge in [0.2, 0.25) is 0 Å². The molecule has 0 spiro atoms. The monoisotopic (exact) mass is 182 g/mol. The molecule has 4 nitrogen and oxygen atoms in total. The first kappa shape index (κ1) is 9.77. The second-order valence-electron chi connectivity index (χ2n) is 2.94. The van der Waals surface area contributed by atoms with E-state index in [1.165, 1.54) is 7.11 Å². The first-order chi connectivity index (χ1) is 6.19. The number of nitrogens with zero attached hydrogens (tertiary/aromatic N) is 1. The van der Waals surface area contributed by atoms with Crippen molar-refractivity contribution in [3.63, 3.8) is 0 Å². The molecule has 1 aromatic rings. The molecule has 0 aliphatic carbocycles. The van der Waals surface area contributed by atoms with Crippen molar-refractivity contribution < 1.29 is 9.53 Å². The van der Waals surface area contributed by atoms with Crippen molar-refractivity contribution >= 4 is 5.97 Å². The maximum absolute atomic E-state index is 11.3. The Hall–Kier alpha value is -1.32. The molecule has 0 fully saturated rings. The lowest BCUT2D eigenvalue weighted by atomic mass is 10.1. The molecule has 1 atom stereocenters. The summed E-state index contributed by atoms with van der Waals surface area (Å²) in [6.07, 6.45) is 2.40. The van der Waals surface area contributed by atoms with Crippen LogP contribution in [0.5, 0.6) is 0 Å². The molecule has 13 heavy (non-hydrogen) atoms. The summed E-state index contributed by atoms with van der Waals surface area (Å²) in [6.45, 7) is 3.83. The van der Waals surface area contributed by atoms with Crippen LogP contribution in [0.3, 0.4) is 0 Å². The van der Waals surface area contributed by atoms with Crippen LogP contribution in [0.1, 0.15) is 30.8 Å². The summed E-state index contributed by atoms with van der Waals surface area (Å²) < 4.78 is 4.67. The Morgan fingerprint density at radius 1 is 1.77 bits per heavy atom. The van der Waals surface area contributed by atoms with Gasteiger partial charge >= 0.3 is 5.97 Å². The number of methoxy groups -OCH3 is 1. The lowest BCUT2D eigenvalue weighted by Crippen LogP contribution is -2.14. The number of esters is 1. The molecule has 0 aromatic carbocycles. The third-order valence-corrected chi connectivity index (χ3v) is 1.95. The Labute approximate surface area is 77.3 Å². The standard InChI is InChI=1S/C9H14N2O2/c1-4-7(9(12)13-3)8-10-5-6(2)11-8/h5,7H,4H2,1-3H3,(H,10,11). The number of carbonyl (C=O) groups is 1. The molecule has 1 aromatic heterocycles. The fourth-order valence-corrected chi connectivity index (χ4v) is 1.22. The molecule has 0 bridgehead atoms. The van der Waals surface area contributed by atoms with Crippen LogP contribution >= 0.6 is 0 Å². The molecule has 0 saturated heterocycles. The molecular weight excluding hydrogens is 168 g/mol. The predicted octanol–water partition coefficient (Wildman–Crippen LogP) is 1.38. The van der Waals surface area contributed by atoms with Crippen LogP contribution < -0.4 is 0 Å². The summed E-state index contributed by atoms with van der Waals surface area (Å²) in [7, 11) is 1.39. The van der Waals surface area contributed by atoms with Crippen LogP contribution in [0, 0.1) is 6.92 Å². The van der Waals surface area contributed by atoms with Crippen LogP contribution in [0.2, 0.25) is 0 Å². The molecular formula is C9H14N2O2. The molecule has 4 heteroatoms. The van der Waals surface area contributed by atoms with Gasteiger partial charge < -0.3 is 9.72 Å². The molecule has 1 heterocycles. The van der Waals surface area contributed by atoms with Crippen molar-refractivity contribution in [2.45, 2.75) is 26.2 Å². The highest BCUT2D eigenvalue weighted by atomic mass is 16.5. The van der Waals surface area contributed by atoms with Gasteiger partial charge in [-0.05, 0) is 13.3 Å². The highest BCUT2D eigenvalue weighted by Crippen LogP contribution is 2.17. The lowest BCUT2D eigenvalue weighted by molar-refractivity contribution is -0.142. The van der Waals surface area contributed by atoms with E-state index >= 15 is 0 Å². The Bertz CT molecular complexity index is 294. The Morgan fingerprint density at radius 3 is 2.85 bits per heavy atom. The highest BCUT2D eigenvalue weighted by molar-refractivity contribution is 5.76. The SMILES string of the molecule is CCC(C(=O)OC)c1ncc(C)[nH]1. The zero-order chi connectivity index (χ0) is 9.84. The van der Waals surface area contributed by atoms with Crippen molar-refractivity contribution in [1.29, 1.82) is 0 Å². The largest absolute Gasteiger partial charge is 0.468 e. The average Bonchev–Trinajstić information content (AvgIpc) is 2.53. The van der Waals surface area contributed by atoms with Gasteiger partial charge in [-0.1, -0.05) is 6.92 Å². The second-order valence-corrected chi connectivity index (χ2v) is 2.94. The number of carbonyl (C=O) groups excluding carboxylic acids is 1. The van der Waals surface area contributed by atoms with Gasteiger partial charge in [0.1, 0.15) is 11.7 Å². The summed E-state index contributed by atoms with van der Waals surface area (Å²) in [4.78, 5) is 18.4. The van der Waals surface area contributed by atoms with Crippen molar-refractivity contribution in [1.82, 2.24) is 9.97 Å². The van der Waals surface area contributed by atoms with Crippen LogP contribution in [0.4, 0.5) is 0 Å². The number of imidazole rings is 1. The molecule has 0 aliphatic rings. The number of aromatic nitrogens is 2. The minimum Gasteiger partial charge on any atom is -0.468 e. The molecule has 1 rings (SSSR count). The first-order valence-electron chi connectivity index (χ1n) is 4.28. The molecule has 0 aliphatic heterocycles. The number of hydrogen-bond donors (Lipinski definition) is 1. The van der Waals surface area contributed by atoms with Crippen molar-refractivity contribution in [3.05, 3.63) is 17.7 Å². The van der Waals surface area contributed by atoms with Crippen LogP contribution in [0.25, 0.3) is 0 Å². The smallest absolute Gasteiger partial charge is 0.316 e. The minimum absolute atomic E-state index is 0.239. The van der Waals surface area contributed by atoms with E-state index in [1.54, 1.807) is 6.20 Å². The second kappa shape index (κ2) is 4.07. The van der Waals surface area contributed by atoms with Crippen LogP contribution in [-0.4, -0.2) is 23.0 Å². The average molecular weight is 182 g/mol. The van der Waals surface area contributed by atoms with Crippen LogP contribution in [0.15, 0.2) is 6.20 Å². The van der Waals surface area contributed by atoms with E-state index in [0.29, 0.717) is 12.2 Å². The van der Waals surface area contributed by atoms with Gasteiger partial charge in [-0.25, -0.2) is 4.98 Å². The van der Waals surface area contributed by atoms with Gasteiger partial charge in [0.15, 0.2) is 0 Å². The maximum atomic E-state index is 11.3. The quantitative estimate of drug-likeness (QED) is 0.718. The van der Waals surface area contributed by atoms with Crippen molar-refractivity contribution in [2.24, 2.45) is 0 Å². The fraction of sp³-hybridized carbons (Fsp3) is 0.556. The molecule has 0 amide bonds. The maximum Gasteiger partial charge on any atom is 0.316 e. The Kier molecular flexibility index (Phi) is 3.06. The Morgan fingerprint density at radius 2 is 2.46 bits per heavy atom. The molecule has 1 N–H and O–H groups in total. The minimum atomic E-state index is -0.265. The van der Waals surface area contributed by atoms with E-state index in [-0.39, 0.29) is 11.9 Å². The highest BCUT2D eigenvalue weighted by Gasteiger charge is 2.21. The van der Waals surface area contributed by atoms with Gasteiger partial charge in [0.25, 0.3) is 0 Å². The molecule has 1 unspecified atom stereocenters. The topological polar surface area (TPSA) is 55.0 Å². The fourth-order valence-electron chi connectivity index (χ4n) is 1.22. The van der Waals surface area contributed by atoms with Crippen molar-refractivity contribution in [2.75, 3.05) is 7.11 Å². The molecule has 0 radical (unpaired) electrons. The summed E-state index contributed by atoms with van der Waals surface area (Å²) in [5.74, 6) is 0.183. The van der Waals surface area contributed by atoms with Crippen LogP contribution in [-0.2, 0) is 9.53 Å². The van der Waals surface area contributed by atoms with Gasteiger partial charge in [-0.15, -0.1) is 0 Å². The normalized spacial score (nSPS) is 12.5. The first-order valence-corrected chi connectivity index (χ1v) is 4.28. The van der Waals surface area contributed by atoms with Gasteiger partial charge in [-0.3, -0.25) is 4.79 Å². The molecule has 0 saturated carbocycles. The summed E-state index contributed by atoms with van der Waals surface area (Å²) in [6, 6.07) is 0. The third kappa shape index (κ3) is 2.08. The number of H-pyrrole nitrogens is 1. The van der Waals surface area contributed by atoms with Crippen molar-refractivity contribution in [3.8, 4) is 0 Å². The number of aryl methyl sites for hydroxylation is 1. The van der Waals surface area contributed by atoms with E-state index in [0.717, 1.165) is 5.69 Å². The summed E-state index contributed by atoms with van der Waals surface area (Å²) >= 11 is 0. The van der Waals surface area contributed by atoms with Gasteiger partial charge in [0.05, 0.1) is 7.11 Å². The van der Waals surface area contributed by atoms with E-state index in [1.807, 2.05) is 13.8 Å². The van der Waals surface area contributed by atoms with Gasteiger partial charge in [0, 0.05) is 11.9 Å². The Balaban J connectivity index is 2.84. The van der Waals surface area contributed by atoms with E-state index in [9.17, 15) is 4.79 Å². The summed E-state index contributed by atoms with van der Waals surface area (Å²) in [5.41, 5.74) is 0.956. The number of aromatic amines is 1. The number of ether oxygens (including phenoxy) is 1. The van der Waals surface area contributed by atoms with E-state index in [4.69, 9.17) is 0 Å². The number of hydrogen-bond acceptors (Lipinski definition) is 3. The summed E-state index contributed by atoms with van der Waals surface area (Å²) in [5, 5.41) is 0. The number of rotatable bonds is 3. The zero-order valence-electron chi connectivity index (χ0n) is 8.13. The molecule has 72 valence electrons. The third-order valence-electron chi connectivity index (χ3n) is 1.95. The van der Waals surface area contributed by atoms with E-state index < -0.39 is 0 Å². The van der Waals surface area contributed by atoms with E-state index in [2.05, 4.69) is 14.7 Å². The van der Waals surface area contributed by atoms with Gasteiger partial charge in [-0.2, -0.15) is 0 Å². The number of nitrogens with one attached hydrogen (secondary N) is 1. The predicted molar refractivity (Wildman–Crippen MR) is 48.4 cm³/mol. The zero-order valence-corrected chi connectivity index (χ0v) is 8.13.